The highest BCUT2D eigenvalue weighted by Gasteiger charge is 2.14. The van der Waals surface area contributed by atoms with Crippen LogP contribution in [0.5, 0.6) is 5.75 Å². The zero-order chi connectivity index (χ0) is 21.3. The summed E-state index contributed by atoms with van der Waals surface area (Å²) in [7, 11) is 0. The van der Waals surface area contributed by atoms with Crippen LogP contribution in [0.1, 0.15) is 12.8 Å². The summed E-state index contributed by atoms with van der Waals surface area (Å²) in [4.78, 5) is 14.7. The lowest BCUT2D eigenvalue weighted by atomic mass is 10.0. The van der Waals surface area contributed by atoms with Gasteiger partial charge in [-0.3, -0.25) is 20.0 Å². The van der Waals surface area contributed by atoms with E-state index in [4.69, 9.17) is 4.74 Å². The average molecular weight is 425 g/mol. The molecule has 5 heterocycles. The molecule has 0 spiro atoms. The molecule has 4 aromatic heterocycles. The number of aromatic amines is 2. The fourth-order valence-electron chi connectivity index (χ4n) is 4.44. The number of rotatable bonds is 6. The standard InChI is InChI=1S/C25H24N6O/c1-2-9-31(8-1)10-11-32-19-12-18(15-26-16-19)17-5-6-21-20(13-17)25(30-29-21)24-14-23-22(28-24)4-3-7-27-23/h3-7,12-16,28H,1-2,8-11H2,(H,29,30). The molecule has 160 valence electrons. The lowest BCUT2D eigenvalue weighted by molar-refractivity contribution is 0.237. The van der Waals surface area contributed by atoms with Gasteiger partial charge < -0.3 is 9.72 Å². The highest BCUT2D eigenvalue weighted by atomic mass is 16.5. The first-order chi connectivity index (χ1) is 15.8. The molecule has 32 heavy (non-hydrogen) atoms. The Morgan fingerprint density at radius 3 is 2.81 bits per heavy atom. The van der Waals surface area contributed by atoms with Gasteiger partial charge in [-0.05, 0) is 67.9 Å². The molecule has 1 aliphatic rings. The lowest BCUT2D eigenvalue weighted by Crippen LogP contribution is -2.25. The van der Waals surface area contributed by atoms with Gasteiger partial charge in [0.1, 0.15) is 18.1 Å². The van der Waals surface area contributed by atoms with Crippen LogP contribution < -0.4 is 4.74 Å². The highest BCUT2D eigenvalue weighted by Crippen LogP contribution is 2.32. The number of benzene rings is 1. The van der Waals surface area contributed by atoms with Gasteiger partial charge in [-0.15, -0.1) is 0 Å². The normalized spacial score (nSPS) is 14.5. The number of H-pyrrole nitrogens is 2. The number of aromatic nitrogens is 5. The molecular weight excluding hydrogens is 400 g/mol. The monoisotopic (exact) mass is 424 g/mol. The minimum Gasteiger partial charge on any atom is -0.491 e. The first-order valence-electron chi connectivity index (χ1n) is 11.1. The second-order valence-electron chi connectivity index (χ2n) is 8.26. The van der Waals surface area contributed by atoms with E-state index in [1.807, 2.05) is 24.4 Å². The summed E-state index contributed by atoms with van der Waals surface area (Å²) >= 11 is 0. The summed E-state index contributed by atoms with van der Waals surface area (Å²) in [6.07, 6.45) is 8.05. The van der Waals surface area contributed by atoms with Crippen molar-refractivity contribution in [2.24, 2.45) is 0 Å². The molecule has 0 amide bonds. The van der Waals surface area contributed by atoms with Crippen molar-refractivity contribution in [2.45, 2.75) is 12.8 Å². The number of pyridine rings is 2. The summed E-state index contributed by atoms with van der Waals surface area (Å²) in [6.45, 7) is 4.01. The first-order valence-corrected chi connectivity index (χ1v) is 11.1. The number of hydrogen-bond acceptors (Lipinski definition) is 5. The Kier molecular flexibility index (Phi) is 4.81. The van der Waals surface area contributed by atoms with Gasteiger partial charge in [-0.25, -0.2) is 0 Å². The minimum absolute atomic E-state index is 0.685. The molecule has 0 saturated carbocycles. The summed E-state index contributed by atoms with van der Waals surface area (Å²) < 4.78 is 5.99. The third-order valence-electron chi connectivity index (χ3n) is 6.13. The molecule has 1 aromatic carbocycles. The Labute approximate surface area is 185 Å². The van der Waals surface area contributed by atoms with Crippen LogP contribution in [0.15, 0.2) is 61.1 Å². The summed E-state index contributed by atoms with van der Waals surface area (Å²) in [5.41, 5.74) is 6.84. The van der Waals surface area contributed by atoms with Gasteiger partial charge in [0.05, 0.1) is 28.4 Å². The number of hydrogen-bond donors (Lipinski definition) is 2. The lowest BCUT2D eigenvalue weighted by Gasteiger charge is -2.15. The van der Waals surface area contributed by atoms with E-state index in [-0.39, 0.29) is 0 Å². The van der Waals surface area contributed by atoms with Gasteiger partial charge in [-0.2, -0.15) is 5.10 Å². The molecule has 1 aliphatic heterocycles. The smallest absolute Gasteiger partial charge is 0.138 e. The predicted octanol–water partition coefficient (Wildman–Crippen LogP) is 4.64. The molecule has 0 radical (unpaired) electrons. The summed E-state index contributed by atoms with van der Waals surface area (Å²) in [5, 5.41) is 8.75. The van der Waals surface area contributed by atoms with Crippen LogP contribution in [-0.4, -0.2) is 56.3 Å². The van der Waals surface area contributed by atoms with Gasteiger partial charge in [0.15, 0.2) is 0 Å². The van der Waals surface area contributed by atoms with E-state index in [1.54, 1.807) is 12.4 Å². The van der Waals surface area contributed by atoms with Crippen molar-refractivity contribution in [3.8, 4) is 28.3 Å². The largest absolute Gasteiger partial charge is 0.491 e. The van der Waals surface area contributed by atoms with E-state index in [9.17, 15) is 0 Å². The Morgan fingerprint density at radius 2 is 1.91 bits per heavy atom. The molecule has 0 atom stereocenters. The number of nitrogens with one attached hydrogen (secondary N) is 2. The van der Waals surface area contributed by atoms with Gasteiger partial charge in [0, 0.05) is 29.9 Å². The third-order valence-corrected chi connectivity index (χ3v) is 6.13. The van der Waals surface area contributed by atoms with Gasteiger partial charge in [0.25, 0.3) is 0 Å². The number of fused-ring (bicyclic) bond motifs is 2. The molecule has 7 heteroatoms. The van der Waals surface area contributed by atoms with Crippen molar-refractivity contribution >= 4 is 21.9 Å². The van der Waals surface area contributed by atoms with Crippen LogP contribution in [-0.2, 0) is 0 Å². The molecule has 0 bridgehead atoms. The van der Waals surface area contributed by atoms with E-state index in [0.717, 1.165) is 56.7 Å². The molecule has 0 aliphatic carbocycles. The first kappa shape index (κ1) is 19.0. The Morgan fingerprint density at radius 1 is 0.969 bits per heavy atom. The fourth-order valence-corrected chi connectivity index (χ4v) is 4.44. The van der Waals surface area contributed by atoms with E-state index >= 15 is 0 Å². The molecule has 5 aromatic rings. The Bertz CT molecular complexity index is 1350. The average Bonchev–Trinajstić information content (AvgIpc) is 3.58. The van der Waals surface area contributed by atoms with Crippen molar-refractivity contribution in [3.63, 3.8) is 0 Å². The molecule has 7 nitrogen and oxygen atoms in total. The maximum Gasteiger partial charge on any atom is 0.138 e. The highest BCUT2D eigenvalue weighted by molar-refractivity contribution is 5.97. The second-order valence-corrected chi connectivity index (χ2v) is 8.26. The SMILES string of the molecule is c1cnc2cc(-c3n[nH]c4ccc(-c5cncc(OCCN6CCCC6)c5)cc34)[nH]c2c1. The second kappa shape index (κ2) is 8.09. The molecule has 1 saturated heterocycles. The van der Waals surface area contributed by atoms with Gasteiger partial charge in [-0.1, -0.05) is 6.07 Å². The molecule has 0 unspecified atom stereocenters. The van der Waals surface area contributed by atoms with Crippen molar-refractivity contribution < 1.29 is 4.74 Å². The van der Waals surface area contributed by atoms with Gasteiger partial charge >= 0.3 is 0 Å². The van der Waals surface area contributed by atoms with Crippen LogP contribution in [0.4, 0.5) is 0 Å². The maximum absolute atomic E-state index is 5.99. The van der Waals surface area contributed by atoms with Crippen LogP contribution >= 0.6 is 0 Å². The molecule has 1 fully saturated rings. The van der Waals surface area contributed by atoms with E-state index in [1.165, 1.54) is 25.9 Å². The minimum atomic E-state index is 0.685. The van der Waals surface area contributed by atoms with Crippen molar-refractivity contribution in [2.75, 3.05) is 26.2 Å². The van der Waals surface area contributed by atoms with Gasteiger partial charge in [0.2, 0.25) is 0 Å². The quantitative estimate of drug-likeness (QED) is 0.415. The maximum atomic E-state index is 5.99. The van der Waals surface area contributed by atoms with Crippen LogP contribution in [0.25, 0.3) is 44.5 Å². The summed E-state index contributed by atoms with van der Waals surface area (Å²) in [5.74, 6) is 0.802. The predicted molar refractivity (Wildman–Crippen MR) is 126 cm³/mol. The number of likely N-dealkylation sites (tertiary alicyclic amines) is 1. The van der Waals surface area contributed by atoms with Crippen molar-refractivity contribution in [3.05, 3.63) is 61.1 Å². The van der Waals surface area contributed by atoms with E-state index < -0.39 is 0 Å². The van der Waals surface area contributed by atoms with E-state index in [2.05, 4.69) is 54.3 Å². The Balaban J connectivity index is 1.28. The molecular formula is C25H24N6O. The number of nitrogens with zero attached hydrogens (tertiary/aromatic N) is 4. The summed E-state index contributed by atoms with van der Waals surface area (Å²) in [6, 6.07) is 14.3. The Hall–Kier alpha value is -3.71. The van der Waals surface area contributed by atoms with Crippen molar-refractivity contribution in [1.29, 1.82) is 0 Å². The van der Waals surface area contributed by atoms with Crippen molar-refractivity contribution in [1.82, 2.24) is 30.0 Å². The van der Waals surface area contributed by atoms with Crippen LogP contribution in [0.3, 0.4) is 0 Å². The van der Waals surface area contributed by atoms with E-state index in [0.29, 0.717) is 6.61 Å². The number of ether oxygens (including phenoxy) is 1. The zero-order valence-corrected chi connectivity index (χ0v) is 17.7. The fraction of sp³-hybridized carbons (Fsp3) is 0.240. The topological polar surface area (TPSA) is 82.7 Å². The molecule has 6 rings (SSSR count). The van der Waals surface area contributed by atoms with Crippen LogP contribution in [0.2, 0.25) is 0 Å². The van der Waals surface area contributed by atoms with Crippen LogP contribution in [0, 0.1) is 0 Å². The zero-order valence-electron chi connectivity index (χ0n) is 17.7. The third kappa shape index (κ3) is 3.61. The molecule has 2 N–H and O–H groups in total.